The lowest BCUT2D eigenvalue weighted by molar-refractivity contribution is -0.128. The van der Waals surface area contributed by atoms with Gasteiger partial charge >= 0.3 is 0 Å². The van der Waals surface area contributed by atoms with Crippen molar-refractivity contribution in [3.63, 3.8) is 0 Å². The van der Waals surface area contributed by atoms with Crippen LogP contribution in [0.5, 0.6) is 0 Å². The van der Waals surface area contributed by atoms with Crippen LogP contribution in [-0.2, 0) is 4.79 Å². The SMILES string of the molecule is CNC(=O)[C@@]1(C)CCN(C(=O)c2cccnc2Nc2cccc(F)c2)C1. The number of nitrogens with one attached hydrogen (secondary N) is 2. The molecule has 136 valence electrons. The van der Waals surface area contributed by atoms with Gasteiger partial charge in [-0.15, -0.1) is 0 Å². The summed E-state index contributed by atoms with van der Waals surface area (Å²) in [6, 6.07) is 9.31. The molecule has 7 heteroatoms. The van der Waals surface area contributed by atoms with Crippen LogP contribution in [0.4, 0.5) is 15.9 Å². The molecule has 2 amide bonds. The molecule has 2 aromatic rings. The highest BCUT2D eigenvalue weighted by Crippen LogP contribution is 2.32. The number of hydrogen-bond acceptors (Lipinski definition) is 4. The first-order valence-corrected chi connectivity index (χ1v) is 8.42. The lowest BCUT2D eigenvalue weighted by Gasteiger charge is -2.23. The molecule has 1 aromatic carbocycles. The highest BCUT2D eigenvalue weighted by atomic mass is 19.1. The molecule has 1 fully saturated rings. The maximum Gasteiger partial charge on any atom is 0.257 e. The second kappa shape index (κ2) is 7.11. The molecule has 0 saturated carbocycles. The van der Waals surface area contributed by atoms with Crippen molar-refractivity contribution in [2.24, 2.45) is 5.41 Å². The summed E-state index contributed by atoms with van der Waals surface area (Å²) in [5.41, 5.74) is 0.301. The van der Waals surface area contributed by atoms with E-state index in [0.717, 1.165) is 0 Å². The maximum absolute atomic E-state index is 13.4. The van der Waals surface area contributed by atoms with Gasteiger partial charge in [-0.05, 0) is 43.7 Å². The van der Waals surface area contributed by atoms with E-state index in [1.165, 1.54) is 12.1 Å². The summed E-state index contributed by atoms with van der Waals surface area (Å²) in [7, 11) is 1.60. The number of pyridine rings is 1. The Morgan fingerprint density at radius 2 is 2.08 bits per heavy atom. The van der Waals surface area contributed by atoms with E-state index in [1.54, 1.807) is 42.4 Å². The number of halogens is 1. The van der Waals surface area contributed by atoms with Gasteiger partial charge in [-0.2, -0.15) is 0 Å². The lowest BCUT2D eigenvalue weighted by atomic mass is 9.89. The maximum atomic E-state index is 13.4. The summed E-state index contributed by atoms with van der Waals surface area (Å²) in [5, 5.41) is 5.65. The normalized spacial score (nSPS) is 19.3. The summed E-state index contributed by atoms with van der Waals surface area (Å²) in [6.07, 6.45) is 2.17. The molecule has 0 unspecified atom stereocenters. The fourth-order valence-electron chi connectivity index (χ4n) is 3.17. The number of benzene rings is 1. The van der Waals surface area contributed by atoms with E-state index >= 15 is 0 Å². The monoisotopic (exact) mass is 356 g/mol. The molecule has 0 radical (unpaired) electrons. The Bertz CT molecular complexity index is 842. The van der Waals surface area contributed by atoms with Gasteiger partial charge in [0.25, 0.3) is 5.91 Å². The number of carbonyl (C=O) groups is 2. The molecule has 2 heterocycles. The zero-order valence-electron chi connectivity index (χ0n) is 14.8. The number of aromatic nitrogens is 1. The van der Waals surface area contributed by atoms with Gasteiger partial charge in [-0.25, -0.2) is 9.37 Å². The van der Waals surface area contributed by atoms with Crippen LogP contribution in [0.25, 0.3) is 0 Å². The molecule has 1 atom stereocenters. The number of anilines is 2. The predicted octanol–water partition coefficient (Wildman–Crippen LogP) is 2.56. The standard InChI is InChI=1S/C19H21FN4O2/c1-19(18(26)21-2)8-10-24(12-19)17(25)15-7-4-9-22-16(15)23-14-6-3-5-13(20)11-14/h3-7,9,11H,8,10,12H2,1-2H3,(H,21,26)(H,22,23)/t19-/m0/s1. The number of carbonyl (C=O) groups excluding carboxylic acids is 2. The summed E-state index contributed by atoms with van der Waals surface area (Å²) < 4.78 is 13.4. The molecule has 1 aromatic heterocycles. The zero-order chi connectivity index (χ0) is 18.7. The first-order chi connectivity index (χ1) is 12.4. The summed E-state index contributed by atoms with van der Waals surface area (Å²) in [5.74, 6) is -0.293. The van der Waals surface area contributed by atoms with E-state index in [9.17, 15) is 14.0 Å². The largest absolute Gasteiger partial charge is 0.359 e. The van der Waals surface area contributed by atoms with Gasteiger partial charge < -0.3 is 15.5 Å². The summed E-state index contributed by atoms with van der Waals surface area (Å²) >= 11 is 0. The van der Waals surface area contributed by atoms with Crippen LogP contribution in [0.3, 0.4) is 0 Å². The first-order valence-electron chi connectivity index (χ1n) is 8.42. The first kappa shape index (κ1) is 17.8. The molecular formula is C19H21FN4O2. The molecule has 0 spiro atoms. The minimum absolute atomic E-state index is 0.0721. The van der Waals surface area contributed by atoms with Crippen molar-refractivity contribution >= 4 is 23.3 Å². The Balaban J connectivity index is 1.82. The van der Waals surface area contributed by atoms with Crippen LogP contribution in [0, 0.1) is 11.2 Å². The number of nitrogens with zero attached hydrogens (tertiary/aromatic N) is 2. The Morgan fingerprint density at radius 3 is 2.81 bits per heavy atom. The molecule has 0 bridgehead atoms. The summed E-state index contributed by atoms with van der Waals surface area (Å²) in [4.78, 5) is 30.9. The number of hydrogen-bond donors (Lipinski definition) is 2. The highest BCUT2D eigenvalue weighted by molar-refractivity contribution is 6.00. The Hall–Kier alpha value is -2.96. The van der Waals surface area contributed by atoms with Crippen LogP contribution in [0.2, 0.25) is 0 Å². The Kier molecular flexibility index (Phi) is 4.88. The number of likely N-dealkylation sites (tertiary alicyclic amines) is 1. The van der Waals surface area contributed by atoms with Gasteiger partial charge in [0.1, 0.15) is 11.6 Å². The molecule has 2 N–H and O–H groups in total. The number of rotatable bonds is 4. The van der Waals surface area contributed by atoms with Crippen molar-refractivity contribution in [3.8, 4) is 0 Å². The van der Waals surface area contributed by atoms with Crippen LogP contribution in [0.15, 0.2) is 42.6 Å². The topological polar surface area (TPSA) is 74.3 Å². The van der Waals surface area contributed by atoms with Crippen molar-refractivity contribution in [1.29, 1.82) is 0 Å². The van der Waals surface area contributed by atoms with Gasteiger partial charge in [0, 0.05) is 32.0 Å². The zero-order valence-corrected chi connectivity index (χ0v) is 14.8. The van der Waals surface area contributed by atoms with Gasteiger partial charge in [0.2, 0.25) is 5.91 Å². The lowest BCUT2D eigenvalue weighted by Crippen LogP contribution is -2.40. The minimum Gasteiger partial charge on any atom is -0.359 e. The third-order valence-electron chi connectivity index (χ3n) is 4.66. The predicted molar refractivity (Wildman–Crippen MR) is 96.6 cm³/mol. The fraction of sp³-hybridized carbons (Fsp3) is 0.316. The molecule has 6 nitrogen and oxygen atoms in total. The van der Waals surface area contributed by atoms with Crippen LogP contribution < -0.4 is 10.6 Å². The quantitative estimate of drug-likeness (QED) is 0.883. The van der Waals surface area contributed by atoms with E-state index in [1.807, 2.05) is 6.92 Å². The van der Waals surface area contributed by atoms with E-state index in [0.29, 0.717) is 36.6 Å². The molecule has 26 heavy (non-hydrogen) atoms. The second-order valence-electron chi connectivity index (χ2n) is 6.65. The minimum atomic E-state index is -0.594. The van der Waals surface area contributed by atoms with Crippen LogP contribution in [0.1, 0.15) is 23.7 Å². The summed E-state index contributed by atoms with van der Waals surface area (Å²) in [6.45, 7) is 2.70. The van der Waals surface area contributed by atoms with E-state index in [2.05, 4.69) is 15.6 Å². The third-order valence-corrected chi connectivity index (χ3v) is 4.66. The van der Waals surface area contributed by atoms with Crippen molar-refractivity contribution in [1.82, 2.24) is 15.2 Å². The highest BCUT2D eigenvalue weighted by Gasteiger charge is 2.42. The van der Waals surface area contributed by atoms with Gasteiger partial charge in [0.05, 0.1) is 11.0 Å². The molecular weight excluding hydrogens is 335 g/mol. The van der Waals surface area contributed by atoms with Crippen LogP contribution >= 0.6 is 0 Å². The van der Waals surface area contributed by atoms with Gasteiger partial charge in [-0.1, -0.05) is 6.07 Å². The molecule has 1 saturated heterocycles. The van der Waals surface area contributed by atoms with E-state index in [4.69, 9.17) is 0 Å². The second-order valence-corrected chi connectivity index (χ2v) is 6.65. The smallest absolute Gasteiger partial charge is 0.257 e. The Labute approximate surface area is 151 Å². The van der Waals surface area contributed by atoms with Crippen molar-refractivity contribution in [2.75, 3.05) is 25.5 Å². The van der Waals surface area contributed by atoms with E-state index < -0.39 is 5.41 Å². The molecule has 3 rings (SSSR count). The van der Waals surface area contributed by atoms with E-state index in [-0.39, 0.29) is 17.6 Å². The van der Waals surface area contributed by atoms with Gasteiger partial charge in [-0.3, -0.25) is 9.59 Å². The number of amides is 2. The van der Waals surface area contributed by atoms with Crippen LogP contribution in [-0.4, -0.2) is 41.8 Å². The van der Waals surface area contributed by atoms with Crippen molar-refractivity contribution in [2.45, 2.75) is 13.3 Å². The van der Waals surface area contributed by atoms with Crippen molar-refractivity contribution in [3.05, 3.63) is 54.0 Å². The Morgan fingerprint density at radius 1 is 1.27 bits per heavy atom. The van der Waals surface area contributed by atoms with Gasteiger partial charge in [0.15, 0.2) is 0 Å². The fourth-order valence-corrected chi connectivity index (χ4v) is 3.17. The molecule has 1 aliphatic rings. The average Bonchev–Trinajstić information content (AvgIpc) is 3.04. The van der Waals surface area contributed by atoms with Crippen molar-refractivity contribution < 1.29 is 14.0 Å². The average molecular weight is 356 g/mol. The molecule has 1 aliphatic heterocycles. The third kappa shape index (κ3) is 3.51. The molecule has 0 aliphatic carbocycles.